The fourth-order valence-corrected chi connectivity index (χ4v) is 4.80. The van der Waals surface area contributed by atoms with Crippen molar-refractivity contribution in [1.29, 1.82) is 0 Å². The van der Waals surface area contributed by atoms with E-state index < -0.39 is 8.56 Å². The second kappa shape index (κ2) is 10.8. The minimum atomic E-state index is -1.93. The SMILES string of the molecule is CCCCCCCCO[Si](CC)(CC)OCC(C)(C)C. The first kappa shape index (κ1) is 20.1. The first-order chi connectivity index (χ1) is 9.39. The number of rotatable bonds is 12. The van der Waals surface area contributed by atoms with Crippen LogP contribution in [0.25, 0.3) is 0 Å². The van der Waals surface area contributed by atoms with Gasteiger partial charge in [-0.3, -0.25) is 0 Å². The van der Waals surface area contributed by atoms with Crippen molar-refractivity contribution >= 4 is 8.56 Å². The lowest BCUT2D eigenvalue weighted by atomic mass is 9.99. The van der Waals surface area contributed by atoms with Gasteiger partial charge in [-0.15, -0.1) is 0 Å². The van der Waals surface area contributed by atoms with Crippen LogP contribution in [0, 0.1) is 5.41 Å². The highest BCUT2D eigenvalue weighted by molar-refractivity contribution is 6.67. The van der Waals surface area contributed by atoms with Crippen molar-refractivity contribution in [3.63, 3.8) is 0 Å². The summed E-state index contributed by atoms with van der Waals surface area (Å²) in [7, 11) is -1.93. The predicted molar refractivity (Wildman–Crippen MR) is 91.5 cm³/mol. The second-order valence-electron chi connectivity index (χ2n) is 7.08. The smallest absolute Gasteiger partial charge is 0.337 e. The Bertz CT molecular complexity index is 220. The first-order valence-corrected chi connectivity index (χ1v) is 10.9. The predicted octanol–water partition coefficient (Wildman–Crippen LogP) is 5.91. The summed E-state index contributed by atoms with van der Waals surface area (Å²) in [5, 5.41) is 0. The molecule has 0 saturated carbocycles. The van der Waals surface area contributed by atoms with Crippen LogP contribution in [0.15, 0.2) is 0 Å². The summed E-state index contributed by atoms with van der Waals surface area (Å²) in [6.45, 7) is 15.1. The van der Waals surface area contributed by atoms with Gasteiger partial charge in [0.2, 0.25) is 0 Å². The molecule has 0 aliphatic heterocycles. The van der Waals surface area contributed by atoms with Crippen LogP contribution in [0.4, 0.5) is 0 Å². The molecule has 0 radical (unpaired) electrons. The Labute approximate surface area is 128 Å². The summed E-state index contributed by atoms with van der Waals surface area (Å²) in [6, 6.07) is 2.13. The standard InChI is InChI=1S/C17H38O2Si/c1-7-10-11-12-13-14-15-18-20(8-2,9-3)19-16-17(4,5)6/h7-16H2,1-6H3. The monoisotopic (exact) mass is 302 g/mol. The molecule has 0 bridgehead atoms. The Morgan fingerprint density at radius 3 is 1.80 bits per heavy atom. The van der Waals surface area contributed by atoms with Gasteiger partial charge in [-0.1, -0.05) is 73.6 Å². The van der Waals surface area contributed by atoms with Gasteiger partial charge >= 0.3 is 8.56 Å². The molecule has 0 unspecified atom stereocenters. The highest BCUT2D eigenvalue weighted by Crippen LogP contribution is 2.23. The van der Waals surface area contributed by atoms with E-state index in [0.717, 1.165) is 25.3 Å². The van der Waals surface area contributed by atoms with Gasteiger partial charge in [-0.05, 0) is 23.9 Å². The maximum Gasteiger partial charge on any atom is 0.337 e. The third-order valence-corrected chi connectivity index (χ3v) is 7.26. The fraction of sp³-hybridized carbons (Fsp3) is 1.00. The summed E-state index contributed by atoms with van der Waals surface area (Å²) >= 11 is 0. The first-order valence-electron chi connectivity index (χ1n) is 8.67. The minimum Gasteiger partial charge on any atom is -0.394 e. The van der Waals surface area contributed by atoms with Crippen molar-refractivity contribution in [2.24, 2.45) is 5.41 Å². The van der Waals surface area contributed by atoms with Gasteiger partial charge in [0.25, 0.3) is 0 Å². The Kier molecular flexibility index (Phi) is 10.9. The van der Waals surface area contributed by atoms with Gasteiger partial charge in [-0.2, -0.15) is 0 Å². The van der Waals surface area contributed by atoms with E-state index in [1.807, 2.05) is 0 Å². The van der Waals surface area contributed by atoms with E-state index in [4.69, 9.17) is 8.85 Å². The summed E-state index contributed by atoms with van der Waals surface area (Å²) < 4.78 is 12.5. The molecule has 0 aromatic carbocycles. The van der Waals surface area contributed by atoms with Crippen molar-refractivity contribution in [3.8, 4) is 0 Å². The Balaban J connectivity index is 3.94. The van der Waals surface area contributed by atoms with Crippen LogP contribution in [0.5, 0.6) is 0 Å². The van der Waals surface area contributed by atoms with Crippen molar-refractivity contribution in [1.82, 2.24) is 0 Å². The molecule has 2 nitrogen and oxygen atoms in total. The second-order valence-corrected chi connectivity index (χ2v) is 10.9. The maximum atomic E-state index is 6.25. The molecule has 0 aromatic rings. The van der Waals surface area contributed by atoms with Crippen molar-refractivity contribution in [3.05, 3.63) is 0 Å². The van der Waals surface area contributed by atoms with Crippen molar-refractivity contribution in [2.45, 2.75) is 92.2 Å². The summed E-state index contributed by atoms with van der Waals surface area (Å²) in [5.74, 6) is 0. The van der Waals surface area contributed by atoms with E-state index in [-0.39, 0.29) is 5.41 Å². The lowest BCUT2D eigenvalue weighted by Gasteiger charge is -2.32. The van der Waals surface area contributed by atoms with Gasteiger partial charge in [0, 0.05) is 13.2 Å². The Morgan fingerprint density at radius 1 is 0.750 bits per heavy atom. The Hall–Kier alpha value is 0.137. The highest BCUT2D eigenvalue weighted by Gasteiger charge is 2.34. The molecule has 0 saturated heterocycles. The topological polar surface area (TPSA) is 18.5 Å². The Morgan fingerprint density at radius 2 is 1.30 bits per heavy atom. The highest BCUT2D eigenvalue weighted by atomic mass is 28.4. The molecule has 3 heteroatoms. The van der Waals surface area contributed by atoms with Crippen LogP contribution in [0.1, 0.15) is 80.1 Å². The van der Waals surface area contributed by atoms with E-state index in [1.165, 1.54) is 38.5 Å². The van der Waals surface area contributed by atoms with Crippen molar-refractivity contribution in [2.75, 3.05) is 13.2 Å². The molecule has 20 heavy (non-hydrogen) atoms. The van der Waals surface area contributed by atoms with E-state index >= 15 is 0 Å². The molecule has 0 N–H and O–H groups in total. The average molecular weight is 303 g/mol. The minimum absolute atomic E-state index is 0.228. The lowest BCUT2D eigenvalue weighted by Crippen LogP contribution is -2.43. The largest absolute Gasteiger partial charge is 0.394 e. The van der Waals surface area contributed by atoms with Gasteiger partial charge in [0.1, 0.15) is 0 Å². The molecule has 0 aliphatic rings. The zero-order valence-corrected chi connectivity index (χ0v) is 15.9. The van der Waals surface area contributed by atoms with Crippen molar-refractivity contribution < 1.29 is 8.85 Å². The molecule has 0 rings (SSSR count). The molecule has 0 aromatic heterocycles. The lowest BCUT2D eigenvalue weighted by molar-refractivity contribution is 0.119. The summed E-state index contributed by atoms with van der Waals surface area (Å²) in [4.78, 5) is 0. The average Bonchev–Trinajstić information content (AvgIpc) is 2.41. The fourth-order valence-electron chi connectivity index (χ4n) is 2.19. The van der Waals surface area contributed by atoms with Gasteiger partial charge in [-0.25, -0.2) is 0 Å². The molecular formula is C17H38O2Si. The van der Waals surface area contributed by atoms with Gasteiger partial charge < -0.3 is 8.85 Å². The molecule has 122 valence electrons. The maximum absolute atomic E-state index is 6.25. The third-order valence-electron chi connectivity index (χ3n) is 3.71. The molecular weight excluding hydrogens is 264 g/mol. The molecule has 0 heterocycles. The molecule has 0 aliphatic carbocycles. The number of hydrogen-bond acceptors (Lipinski definition) is 2. The van der Waals surface area contributed by atoms with E-state index in [2.05, 4.69) is 41.5 Å². The third kappa shape index (κ3) is 9.95. The normalized spacial score (nSPS) is 12.9. The van der Waals surface area contributed by atoms with E-state index in [1.54, 1.807) is 0 Å². The van der Waals surface area contributed by atoms with Gasteiger partial charge in [0.05, 0.1) is 0 Å². The van der Waals surface area contributed by atoms with Crippen LogP contribution in [0.3, 0.4) is 0 Å². The molecule has 0 spiro atoms. The molecule has 0 amide bonds. The molecule has 0 fully saturated rings. The number of hydrogen-bond donors (Lipinski definition) is 0. The quantitative estimate of drug-likeness (QED) is 0.329. The van der Waals surface area contributed by atoms with Gasteiger partial charge in [0.15, 0.2) is 0 Å². The number of unbranched alkanes of at least 4 members (excludes halogenated alkanes) is 5. The zero-order chi connectivity index (χ0) is 15.5. The zero-order valence-electron chi connectivity index (χ0n) is 14.9. The molecule has 0 atom stereocenters. The van der Waals surface area contributed by atoms with E-state index in [0.29, 0.717) is 0 Å². The van der Waals surface area contributed by atoms with Crippen LogP contribution in [-0.4, -0.2) is 21.8 Å². The summed E-state index contributed by atoms with van der Waals surface area (Å²) in [6.07, 6.45) is 7.92. The summed E-state index contributed by atoms with van der Waals surface area (Å²) in [5.41, 5.74) is 0.228. The van der Waals surface area contributed by atoms with E-state index in [9.17, 15) is 0 Å². The van der Waals surface area contributed by atoms with Crippen LogP contribution < -0.4 is 0 Å². The van der Waals surface area contributed by atoms with Crippen LogP contribution in [0.2, 0.25) is 12.1 Å². The van der Waals surface area contributed by atoms with Crippen LogP contribution >= 0.6 is 0 Å². The van der Waals surface area contributed by atoms with Crippen LogP contribution in [-0.2, 0) is 8.85 Å².